The summed E-state index contributed by atoms with van der Waals surface area (Å²) in [6.07, 6.45) is 1.69. The van der Waals surface area contributed by atoms with Crippen molar-refractivity contribution in [3.05, 3.63) is 69.7 Å². The Morgan fingerprint density at radius 1 is 1.03 bits per heavy atom. The van der Waals surface area contributed by atoms with Crippen molar-refractivity contribution in [2.24, 2.45) is 5.41 Å². The molecular formula is C25H29BrO5. The molecule has 1 fully saturated rings. The molecule has 0 amide bonds. The van der Waals surface area contributed by atoms with Crippen LogP contribution in [0.5, 0.6) is 11.5 Å². The molecular weight excluding hydrogens is 460 g/mol. The van der Waals surface area contributed by atoms with Gasteiger partial charge in [-0.1, -0.05) is 59.3 Å². The van der Waals surface area contributed by atoms with Crippen molar-refractivity contribution in [2.45, 2.75) is 38.8 Å². The summed E-state index contributed by atoms with van der Waals surface area (Å²) < 4.78 is 30.4. The van der Waals surface area contributed by atoms with E-state index in [9.17, 15) is 0 Å². The lowest BCUT2D eigenvalue weighted by molar-refractivity contribution is -0.261. The largest absolute Gasteiger partial charge is 0.493 e. The Bertz CT molecular complexity index is 929. The van der Waals surface area contributed by atoms with Crippen molar-refractivity contribution in [1.82, 2.24) is 0 Å². The summed E-state index contributed by atoms with van der Waals surface area (Å²) in [7, 11) is 3.27. The molecule has 0 N–H and O–H groups in total. The first-order chi connectivity index (χ1) is 15.0. The first-order valence-electron chi connectivity index (χ1n) is 10.5. The number of rotatable bonds is 7. The van der Waals surface area contributed by atoms with Crippen LogP contribution in [0.4, 0.5) is 0 Å². The number of ether oxygens (including phenoxy) is 5. The van der Waals surface area contributed by atoms with Crippen LogP contribution >= 0.6 is 15.9 Å². The SMILES string of the molecule is COc1ccc(COCC2=C(Br)[C@]3(C)CO[C@@H](c4ccccc4)O[C@H]3CC2)cc1OC. The van der Waals surface area contributed by atoms with Gasteiger partial charge in [-0.3, -0.25) is 0 Å². The van der Waals surface area contributed by atoms with E-state index in [1.807, 2.05) is 36.4 Å². The van der Waals surface area contributed by atoms with Crippen LogP contribution < -0.4 is 9.47 Å². The fraction of sp³-hybridized carbons (Fsp3) is 0.440. The quantitative estimate of drug-likeness (QED) is 0.493. The van der Waals surface area contributed by atoms with Gasteiger partial charge in [0.05, 0.1) is 40.1 Å². The number of fused-ring (bicyclic) bond motifs is 1. The van der Waals surface area contributed by atoms with Gasteiger partial charge in [0.25, 0.3) is 0 Å². The molecule has 2 aromatic rings. The Balaban J connectivity index is 1.39. The average molecular weight is 489 g/mol. The zero-order chi connectivity index (χ0) is 21.8. The molecule has 0 bridgehead atoms. The molecule has 0 radical (unpaired) electrons. The molecule has 0 spiro atoms. The highest BCUT2D eigenvalue weighted by atomic mass is 79.9. The minimum atomic E-state index is -0.303. The summed E-state index contributed by atoms with van der Waals surface area (Å²) in [6.45, 7) is 3.89. The molecule has 1 aliphatic carbocycles. The first kappa shape index (κ1) is 22.3. The highest BCUT2D eigenvalue weighted by Gasteiger charge is 2.47. The Kier molecular flexibility index (Phi) is 7.02. The minimum absolute atomic E-state index is 0.107. The van der Waals surface area contributed by atoms with Crippen molar-refractivity contribution in [2.75, 3.05) is 27.4 Å². The molecule has 3 atom stereocenters. The molecule has 0 aromatic heterocycles. The first-order valence-corrected chi connectivity index (χ1v) is 11.3. The monoisotopic (exact) mass is 488 g/mol. The Morgan fingerprint density at radius 2 is 1.81 bits per heavy atom. The van der Waals surface area contributed by atoms with E-state index in [0.29, 0.717) is 31.3 Å². The average Bonchev–Trinajstić information content (AvgIpc) is 2.81. The summed E-state index contributed by atoms with van der Waals surface area (Å²) in [5.41, 5.74) is 3.17. The topological polar surface area (TPSA) is 46.2 Å². The van der Waals surface area contributed by atoms with Crippen LogP contribution in [0.15, 0.2) is 58.6 Å². The van der Waals surface area contributed by atoms with Gasteiger partial charge in [-0.2, -0.15) is 0 Å². The van der Waals surface area contributed by atoms with E-state index in [0.717, 1.165) is 28.5 Å². The highest BCUT2D eigenvalue weighted by Crippen LogP contribution is 2.50. The van der Waals surface area contributed by atoms with Crippen molar-refractivity contribution in [3.8, 4) is 11.5 Å². The lowest BCUT2D eigenvalue weighted by Crippen LogP contribution is -2.47. The van der Waals surface area contributed by atoms with Gasteiger partial charge in [0.2, 0.25) is 0 Å². The second kappa shape index (κ2) is 9.74. The maximum Gasteiger partial charge on any atom is 0.184 e. The maximum atomic E-state index is 6.37. The van der Waals surface area contributed by atoms with Crippen LogP contribution in [-0.2, 0) is 20.8 Å². The maximum absolute atomic E-state index is 6.37. The van der Waals surface area contributed by atoms with Gasteiger partial charge >= 0.3 is 0 Å². The third-order valence-corrected chi connectivity index (χ3v) is 7.58. The van der Waals surface area contributed by atoms with E-state index < -0.39 is 0 Å². The predicted molar refractivity (Wildman–Crippen MR) is 123 cm³/mol. The fourth-order valence-corrected chi connectivity index (χ4v) is 4.96. The molecule has 2 aliphatic rings. The number of hydrogen-bond acceptors (Lipinski definition) is 5. The van der Waals surface area contributed by atoms with E-state index in [4.69, 9.17) is 23.7 Å². The van der Waals surface area contributed by atoms with Crippen molar-refractivity contribution in [1.29, 1.82) is 0 Å². The number of methoxy groups -OCH3 is 2. The molecule has 1 saturated heterocycles. The van der Waals surface area contributed by atoms with E-state index in [-0.39, 0.29) is 17.8 Å². The zero-order valence-corrected chi connectivity index (χ0v) is 19.8. The second-order valence-electron chi connectivity index (χ2n) is 8.23. The third-order valence-electron chi connectivity index (χ3n) is 6.12. The molecule has 0 saturated carbocycles. The van der Waals surface area contributed by atoms with Gasteiger partial charge in [-0.25, -0.2) is 0 Å². The van der Waals surface area contributed by atoms with Gasteiger partial charge < -0.3 is 23.7 Å². The minimum Gasteiger partial charge on any atom is -0.493 e. The van der Waals surface area contributed by atoms with Crippen LogP contribution in [0.25, 0.3) is 0 Å². The molecule has 1 heterocycles. The standard InChI is InChI=1S/C25H29BrO5/c1-25-16-30-24(18-7-5-4-6-8-18)31-22(25)12-10-19(23(25)26)15-29-14-17-9-11-20(27-2)21(13-17)28-3/h4-9,11,13,22,24H,10,12,14-16H2,1-3H3/t22-,24+,25+/m0/s1. The molecule has 166 valence electrons. The summed E-state index contributed by atoms with van der Waals surface area (Å²) in [6, 6.07) is 16.0. The summed E-state index contributed by atoms with van der Waals surface area (Å²) in [4.78, 5) is 0. The van der Waals surface area contributed by atoms with Crippen LogP contribution in [-0.4, -0.2) is 33.5 Å². The van der Waals surface area contributed by atoms with E-state index in [1.165, 1.54) is 5.57 Å². The normalized spacial score (nSPS) is 25.8. The van der Waals surface area contributed by atoms with Crippen LogP contribution in [0.2, 0.25) is 0 Å². The Hall–Kier alpha value is -1.86. The van der Waals surface area contributed by atoms with Crippen LogP contribution in [0.3, 0.4) is 0 Å². The van der Waals surface area contributed by atoms with E-state index >= 15 is 0 Å². The Morgan fingerprint density at radius 3 is 2.55 bits per heavy atom. The van der Waals surface area contributed by atoms with Crippen molar-refractivity contribution in [3.63, 3.8) is 0 Å². The van der Waals surface area contributed by atoms with Crippen molar-refractivity contribution >= 4 is 15.9 Å². The Labute approximate surface area is 192 Å². The van der Waals surface area contributed by atoms with Gasteiger partial charge in [0.15, 0.2) is 17.8 Å². The molecule has 0 unspecified atom stereocenters. The number of halogens is 1. The third kappa shape index (κ3) is 4.67. The summed E-state index contributed by atoms with van der Waals surface area (Å²) in [5, 5.41) is 0. The summed E-state index contributed by atoms with van der Waals surface area (Å²) >= 11 is 3.86. The van der Waals surface area contributed by atoms with Crippen LogP contribution in [0, 0.1) is 5.41 Å². The summed E-state index contributed by atoms with van der Waals surface area (Å²) in [5.74, 6) is 1.43. The van der Waals surface area contributed by atoms with E-state index in [2.05, 4.69) is 35.0 Å². The fourth-order valence-electron chi connectivity index (χ4n) is 4.27. The molecule has 2 aromatic carbocycles. The van der Waals surface area contributed by atoms with Gasteiger partial charge in [0, 0.05) is 15.5 Å². The number of hydrogen-bond donors (Lipinski definition) is 0. The molecule has 31 heavy (non-hydrogen) atoms. The smallest absolute Gasteiger partial charge is 0.184 e. The second-order valence-corrected chi connectivity index (χ2v) is 9.03. The van der Waals surface area contributed by atoms with Gasteiger partial charge in [-0.05, 0) is 36.1 Å². The van der Waals surface area contributed by atoms with Gasteiger partial charge in [-0.15, -0.1) is 0 Å². The van der Waals surface area contributed by atoms with Crippen LogP contribution in [0.1, 0.15) is 37.2 Å². The highest BCUT2D eigenvalue weighted by molar-refractivity contribution is 9.11. The lowest BCUT2D eigenvalue weighted by Gasteiger charge is -2.47. The molecule has 6 heteroatoms. The lowest BCUT2D eigenvalue weighted by atomic mass is 9.75. The zero-order valence-electron chi connectivity index (χ0n) is 18.2. The van der Waals surface area contributed by atoms with Gasteiger partial charge in [0.1, 0.15) is 0 Å². The van der Waals surface area contributed by atoms with E-state index in [1.54, 1.807) is 14.2 Å². The number of benzene rings is 2. The predicted octanol–water partition coefficient (Wildman–Crippen LogP) is 5.78. The molecule has 5 nitrogen and oxygen atoms in total. The molecule has 1 aliphatic heterocycles. The molecule has 4 rings (SSSR count). The van der Waals surface area contributed by atoms with Crippen molar-refractivity contribution < 1.29 is 23.7 Å².